The third-order valence-electron chi connectivity index (χ3n) is 3.20. The molecule has 0 unspecified atom stereocenters. The van der Waals surface area contributed by atoms with E-state index in [1.165, 1.54) is 19.3 Å². The Morgan fingerprint density at radius 1 is 1.18 bits per heavy atom. The fourth-order valence-corrected chi connectivity index (χ4v) is 2.68. The molecular weight excluding hydrogens is 134 g/mol. The van der Waals surface area contributed by atoms with Gasteiger partial charge in [0.15, 0.2) is 0 Å². The summed E-state index contributed by atoms with van der Waals surface area (Å²) in [6, 6.07) is 2.21. The fourth-order valence-electron chi connectivity index (χ4n) is 2.68. The number of hydrogen-bond donors (Lipinski definition) is 0. The minimum atomic E-state index is 0.865. The van der Waals surface area contributed by atoms with Gasteiger partial charge in [0.1, 0.15) is 0 Å². The largest absolute Gasteiger partial charge is 0.264 e. The Hall–Kier alpha value is -0.850. The Morgan fingerprint density at radius 3 is 2.82 bits per heavy atom. The topological polar surface area (TPSA) is 12.9 Å². The van der Waals surface area contributed by atoms with E-state index in [4.69, 9.17) is 0 Å². The van der Waals surface area contributed by atoms with Crippen molar-refractivity contribution in [1.82, 2.24) is 4.98 Å². The van der Waals surface area contributed by atoms with Gasteiger partial charge in [0.25, 0.3) is 0 Å². The zero-order valence-electron chi connectivity index (χ0n) is 6.46. The lowest BCUT2D eigenvalue weighted by Crippen LogP contribution is -1.97. The second kappa shape index (κ2) is 1.84. The van der Waals surface area contributed by atoms with Gasteiger partial charge in [-0.3, -0.25) is 4.98 Å². The Bertz CT molecular complexity index is 264. The van der Waals surface area contributed by atoms with E-state index in [2.05, 4.69) is 17.2 Å². The molecule has 0 aliphatic heterocycles. The van der Waals surface area contributed by atoms with E-state index in [1.807, 2.05) is 6.20 Å². The summed E-state index contributed by atoms with van der Waals surface area (Å²) < 4.78 is 0. The number of pyridine rings is 1. The van der Waals surface area contributed by atoms with Crippen molar-refractivity contribution >= 4 is 0 Å². The molecule has 2 aliphatic rings. The molecule has 2 bridgehead atoms. The van der Waals surface area contributed by atoms with E-state index in [9.17, 15) is 0 Å². The lowest BCUT2D eigenvalue weighted by Gasteiger charge is -2.12. The van der Waals surface area contributed by atoms with Gasteiger partial charge < -0.3 is 0 Å². The van der Waals surface area contributed by atoms with Crippen LogP contribution in [0.25, 0.3) is 0 Å². The van der Waals surface area contributed by atoms with E-state index in [0.717, 1.165) is 11.8 Å². The maximum Gasteiger partial charge on any atom is 0.0305 e. The number of fused-ring (bicyclic) bond motifs is 5. The molecule has 11 heavy (non-hydrogen) atoms. The van der Waals surface area contributed by atoms with Crippen LogP contribution in [0.3, 0.4) is 0 Å². The van der Waals surface area contributed by atoms with Crippen molar-refractivity contribution in [3.05, 3.63) is 29.6 Å². The van der Waals surface area contributed by atoms with Gasteiger partial charge in [0.2, 0.25) is 0 Å². The maximum atomic E-state index is 4.18. The van der Waals surface area contributed by atoms with Crippen molar-refractivity contribution in [2.45, 2.75) is 31.1 Å². The average molecular weight is 145 g/mol. The van der Waals surface area contributed by atoms with Gasteiger partial charge in [0.05, 0.1) is 0 Å². The molecule has 1 aromatic heterocycles. The summed E-state index contributed by atoms with van der Waals surface area (Å²) in [5, 5.41) is 0. The third kappa shape index (κ3) is 0.635. The predicted octanol–water partition coefficient (Wildman–Crippen LogP) is 2.45. The Labute approximate surface area is 66.5 Å². The molecule has 3 rings (SSSR count). The van der Waals surface area contributed by atoms with Gasteiger partial charge in [-0.05, 0) is 48.3 Å². The lowest BCUT2D eigenvalue weighted by molar-refractivity contribution is 0.713. The zero-order valence-corrected chi connectivity index (χ0v) is 6.46. The minimum absolute atomic E-state index is 0.865. The number of nitrogens with zero attached hydrogens (tertiary/aromatic N) is 1. The molecule has 0 N–H and O–H groups in total. The van der Waals surface area contributed by atoms with Crippen LogP contribution in [-0.4, -0.2) is 4.98 Å². The van der Waals surface area contributed by atoms with Crippen LogP contribution in [0.2, 0.25) is 0 Å². The molecule has 0 spiro atoms. The monoisotopic (exact) mass is 145 g/mol. The number of rotatable bonds is 0. The highest BCUT2D eigenvalue weighted by atomic mass is 14.6. The number of hydrogen-bond acceptors (Lipinski definition) is 1. The SMILES string of the molecule is c1cc2c(cn1)[C@@H]1CC[C@H]2C1. The second-order valence-electron chi connectivity index (χ2n) is 3.71. The van der Waals surface area contributed by atoms with E-state index in [-0.39, 0.29) is 0 Å². The molecule has 2 aliphatic carbocycles. The first kappa shape index (κ1) is 5.76. The molecule has 1 heteroatoms. The molecule has 56 valence electrons. The highest BCUT2D eigenvalue weighted by Gasteiger charge is 2.36. The summed E-state index contributed by atoms with van der Waals surface area (Å²) in [4.78, 5) is 4.18. The fraction of sp³-hybridized carbons (Fsp3) is 0.500. The molecule has 1 saturated carbocycles. The molecule has 1 fully saturated rings. The summed E-state index contributed by atoms with van der Waals surface area (Å²) in [5.74, 6) is 1.75. The van der Waals surface area contributed by atoms with Gasteiger partial charge in [0, 0.05) is 12.4 Å². The van der Waals surface area contributed by atoms with Crippen molar-refractivity contribution in [2.24, 2.45) is 0 Å². The van der Waals surface area contributed by atoms with Gasteiger partial charge in [-0.1, -0.05) is 0 Å². The standard InChI is InChI=1S/C10H11N/c1-2-8-5-7(1)9-3-4-11-6-10(8)9/h3-4,6-8H,1-2,5H2/t7-,8+/m0/s1. The highest BCUT2D eigenvalue weighted by molar-refractivity contribution is 5.38. The summed E-state index contributed by atoms with van der Waals surface area (Å²) in [7, 11) is 0. The van der Waals surface area contributed by atoms with Crippen LogP contribution >= 0.6 is 0 Å². The van der Waals surface area contributed by atoms with E-state index >= 15 is 0 Å². The third-order valence-corrected chi connectivity index (χ3v) is 3.20. The first-order valence-electron chi connectivity index (χ1n) is 4.39. The van der Waals surface area contributed by atoms with Crippen LogP contribution < -0.4 is 0 Å². The second-order valence-corrected chi connectivity index (χ2v) is 3.71. The van der Waals surface area contributed by atoms with Crippen LogP contribution in [0.15, 0.2) is 18.5 Å². The molecule has 0 radical (unpaired) electrons. The summed E-state index contributed by atoms with van der Waals surface area (Å²) in [6.45, 7) is 0. The Kier molecular flexibility index (Phi) is 0.965. The lowest BCUT2D eigenvalue weighted by atomic mass is 9.94. The van der Waals surface area contributed by atoms with Crippen LogP contribution in [0.5, 0.6) is 0 Å². The first-order chi connectivity index (χ1) is 5.45. The molecule has 1 nitrogen and oxygen atoms in total. The molecule has 0 amide bonds. The van der Waals surface area contributed by atoms with Crippen molar-refractivity contribution in [3.63, 3.8) is 0 Å². The Morgan fingerprint density at radius 2 is 2.00 bits per heavy atom. The van der Waals surface area contributed by atoms with Crippen molar-refractivity contribution in [2.75, 3.05) is 0 Å². The predicted molar refractivity (Wildman–Crippen MR) is 43.6 cm³/mol. The number of aromatic nitrogens is 1. The zero-order chi connectivity index (χ0) is 7.26. The van der Waals surface area contributed by atoms with Crippen molar-refractivity contribution in [3.8, 4) is 0 Å². The molecule has 1 aromatic rings. The highest BCUT2D eigenvalue weighted by Crippen LogP contribution is 2.52. The van der Waals surface area contributed by atoms with Crippen molar-refractivity contribution < 1.29 is 0 Å². The Balaban J connectivity index is 2.23. The normalized spacial score (nSPS) is 32.4. The van der Waals surface area contributed by atoms with Gasteiger partial charge in [-0.15, -0.1) is 0 Å². The summed E-state index contributed by atoms with van der Waals surface area (Å²) in [5.41, 5.74) is 3.14. The van der Waals surface area contributed by atoms with E-state index in [0.29, 0.717) is 0 Å². The van der Waals surface area contributed by atoms with Crippen LogP contribution in [0, 0.1) is 0 Å². The molecule has 0 saturated heterocycles. The van der Waals surface area contributed by atoms with Gasteiger partial charge in [-0.25, -0.2) is 0 Å². The van der Waals surface area contributed by atoms with Crippen LogP contribution in [0.1, 0.15) is 42.2 Å². The van der Waals surface area contributed by atoms with E-state index < -0.39 is 0 Å². The van der Waals surface area contributed by atoms with Crippen LogP contribution in [-0.2, 0) is 0 Å². The molecular formula is C10H11N. The molecule has 2 atom stereocenters. The van der Waals surface area contributed by atoms with Crippen LogP contribution in [0.4, 0.5) is 0 Å². The molecule has 0 aromatic carbocycles. The quantitative estimate of drug-likeness (QED) is 0.546. The molecule has 1 heterocycles. The van der Waals surface area contributed by atoms with Gasteiger partial charge in [-0.2, -0.15) is 0 Å². The first-order valence-corrected chi connectivity index (χ1v) is 4.39. The smallest absolute Gasteiger partial charge is 0.0305 e. The summed E-state index contributed by atoms with van der Waals surface area (Å²) in [6.07, 6.45) is 8.23. The maximum absolute atomic E-state index is 4.18. The van der Waals surface area contributed by atoms with Gasteiger partial charge >= 0.3 is 0 Å². The van der Waals surface area contributed by atoms with Crippen molar-refractivity contribution in [1.29, 1.82) is 0 Å². The average Bonchev–Trinajstić information content (AvgIpc) is 2.64. The van der Waals surface area contributed by atoms with E-state index in [1.54, 1.807) is 11.1 Å². The minimum Gasteiger partial charge on any atom is -0.264 e. The summed E-state index contributed by atoms with van der Waals surface area (Å²) >= 11 is 0.